The molecule has 0 fully saturated rings. The van der Waals surface area contributed by atoms with Crippen LogP contribution in [0.25, 0.3) is 0 Å². The number of nitrogens with zero attached hydrogens (tertiary/aromatic N) is 1. The van der Waals surface area contributed by atoms with Gasteiger partial charge < -0.3 is 15.0 Å². The highest BCUT2D eigenvalue weighted by Gasteiger charge is 2.24. The summed E-state index contributed by atoms with van der Waals surface area (Å²) in [6.07, 6.45) is 1.11. The summed E-state index contributed by atoms with van der Waals surface area (Å²) in [5.74, 6) is 0.0543. The normalized spacial score (nSPS) is 17.7. The van der Waals surface area contributed by atoms with E-state index in [-0.39, 0.29) is 5.91 Å². The fraction of sp³-hybridized carbons (Fsp3) is 0.533. The third-order valence-electron chi connectivity index (χ3n) is 3.34. The molecule has 0 aromatic heterocycles. The zero-order chi connectivity index (χ0) is 14.4. The topological polar surface area (TPSA) is 41.6 Å². The van der Waals surface area contributed by atoms with Crippen LogP contribution in [0.15, 0.2) is 29.2 Å². The molecule has 20 heavy (non-hydrogen) atoms. The maximum atomic E-state index is 12.0. The summed E-state index contributed by atoms with van der Waals surface area (Å²) >= 11 is 1.92. The molecule has 0 saturated carbocycles. The van der Waals surface area contributed by atoms with Crippen LogP contribution in [0.5, 0.6) is 0 Å². The van der Waals surface area contributed by atoms with Gasteiger partial charge in [-0.1, -0.05) is 19.1 Å². The average Bonchev–Trinajstić information content (AvgIpc) is 2.47. The lowest BCUT2D eigenvalue weighted by molar-refractivity contribution is -0.119. The molecule has 0 aliphatic carbocycles. The average molecular weight is 294 g/mol. The van der Waals surface area contributed by atoms with E-state index in [4.69, 9.17) is 4.74 Å². The van der Waals surface area contributed by atoms with Crippen LogP contribution in [-0.2, 0) is 9.53 Å². The number of para-hydroxylation sites is 1. The fourth-order valence-corrected chi connectivity index (χ4v) is 3.52. The molecule has 2 rings (SSSR count). The molecule has 0 bridgehead atoms. The first-order valence-electron chi connectivity index (χ1n) is 7.00. The molecule has 1 atom stereocenters. The third kappa shape index (κ3) is 3.90. The van der Waals surface area contributed by atoms with Gasteiger partial charge in [-0.05, 0) is 18.6 Å². The molecule has 110 valence electrons. The molecular weight excluding hydrogens is 272 g/mol. The van der Waals surface area contributed by atoms with Crippen LogP contribution in [0.4, 0.5) is 5.69 Å². The Balaban J connectivity index is 2.01. The zero-order valence-electron chi connectivity index (χ0n) is 12.1. The number of rotatable bonds is 6. The lowest BCUT2D eigenvalue weighted by Crippen LogP contribution is -2.42. The van der Waals surface area contributed by atoms with E-state index in [0.717, 1.165) is 13.0 Å². The van der Waals surface area contributed by atoms with Crippen LogP contribution in [0.2, 0.25) is 0 Å². The van der Waals surface area contributed by atoms with E-state index in [1.807, 2.05) is 17.8 Å². The van der Waals surface area contributed by atoms with Gasteiger partial charge in [0.1, 0.15) is 0 Å². The molecule has 4 nitrogen and oxygen atoms in total. The first kappa shape index (κ1) is 15.2. The molecule has 0 radical (unpaired) electrons. The molecule has 5 heteroatoms. The van der Waals surface area contributed by atoms with Crippen LogP contribution in [-0.4, -0.2) is 44.5 Å². The van der Waals surface area contributed by atoms with Gasteiger partial charge in [-0.3, -0.25) is 4.79 Å². The monoisotopic (exact) mass is 294 g/mol. The Labute approximate surface area is 124 Å². The summed E-state index contributed by atoms with van der Waals surface area (Å²) in [6, 6.07) is 8.32. The highest BCUT2D eigenvalue weighted by atomic mass is 32.2. The van der Waals surface area contributed by atoms with Crippen molar-refractivity contribution < 1.29 is 9.53 Å². The highest BCUT2D eigenvalue weighted by Crippen LogP contribution is 2.39. The van der Waals surface area contributed by atoms with E-state index in [2.05, 4.69) is 35.3 Å². The molecule has 0 unspecified atom stereocenters. The van der Waals surface area contributed by atoms with E-state index in [0.29, 0.717) is 24.9 Å². The van der Waals surface area contributed by atoms with Crippen molar-refractivity contribution in [3.05, 3.63) is 24.3 Å². The van der Waals surface area contributed by atoms with Crippen LogP contribution < -0.4 is 10.2 Å². The Kier molecular flexibility index (Phi) is 5.73. The minimum atomic E-state index is 0.0543. The smallest absolute Gasteiger partial charge is 0.239 e. The zero-order valence-corrected chi connectivity index (χ0v) is 12.9. The van der Waals surface area contributed by atoms with Crippen molar-refractivity contribution in [2.45, 2.75) is 23.5 Å². The number of nitrogens with one attached hydrogen (secondary N) is 1. The van der Waals surface area contributed by atoms with Gasteiger partial charge in [0.2, 0.25) is 5.91 Å². The van der Waals surface area contributed by atoms with Crippen molar-refractivity contribution >= 4 is 23.4 Å². The van der Waals surface area contributed by atoms with Crippen molar-refractivity contribution in [3.63, 3.8) is 0 Å². The Hall–Kier alpha value is -1.20. The van der Waals surface area contributed by atoms with Gasteiger partial charge in [0.15, 0.2) is 0 Å². The van der Waals surface area contributed by atoms with Crippen LogP contribution in [0.1, 0.15) is 13.3 Å². The predicted octanol–water partition coefficient (Wildman–Crippen LogP) is 2.14. The summed E-state index contributed by atoms with van der Waals surface area (Å²) in [6.45, 7) is 4.66. The van der Waals surface area contributed by atoms with Gasteiger partial charge in [-0.15, -0.1) is 11.8 Å². The van der Waals surface area contributed by atoms with Crippen molar-refractivity contribution in [1.82, 2.24) is 5.32 Å². The Bertz CT molecular complexity index is 453. The minimum absolute atomic E-state index is 0.0543. The summed E-state index contributed by atoms with van der Waals surface area (Å²) in [4.78, 5) is 15.4. The second kappa shape index (κ2) is 7.55. The van der Waals surface area contributed by atoms with Crippen LogP contribution in [0.3, 0.4) is 0 Å². The van der Waals surface area contributed by atoms with Crippen LogP contribution in [0, 0.1) is 0 Å². The van der Waals surface area contributed by atoms with Crippen LogP contribution >= 0.6 is 11.8 Å². The Morgan fingerprint density at radius 3 is 3.05 bits per heavy atom. The fourth-order valence-electron chi connectivity index (χ4n) is 2.26. The number of amides is 1. The van der Waals surface area contributed by atoms with Gasteiger partial charge in [0.05, 0.1) is 18.8 Å². The quantitative estimate of drug-likeness (QED) is 0.816. The molecule has 1 aromatic carbocycles. The predicted molar refractivity (Wildman–Crippen MR) is 83.5 cm³/mol. The molecule has 1 amide bonds. The summed E-state index contributed by atoms with van der Waals surface area (Å²) in [5, 5.41) is 3.43. The number of carbonyl (C=O) groups is 1. The first-order valence-corrected chi connectivity index (χ1v) is 7.88. The number of benzene rings is 1. The number of hydrogen-bond acceptors (Lipinski definition) is 4. The molecule has 1 aromatic rings. The van der Waals surface area contributed by atoms with Crippen molar-refractivity contribution in [2.75, 3.05) is 38.3 Å². The summed E-state index contributed by atoms with van der Waals surface area (Å²) < 4.78 is 4.94. The first-order chi connectivity index (χ1) is 9.74. The standard InChI is InChI=1S/C15H22N2O2S/c1-3-12-10-17(11-15(18)16-8-9-19-2)13-6-4-5-7-14(13)20-12/h4-7,12H,3,8-11H2,1-2H3,(H,16,18)/t12-/m1/s1. The molecule has 1 aliphatic heterocycles. The van der Waals surface area contributed by atoms with Gasteiger partial charge in [-0.25, -0.2) is 0 Å². The number of hydrogen-bond donors (Lipinski definition) is 1. The van der Waals surface area contributed by atoms with E-state index < -0.39 is 0 Å². The van der Waals surface area contributed by atoms with Crippen molar-refractivity contribution in [3.8, 4) is 0 Å². The van der Waals surface area contributed by atoms with Crippen molar-refractivity contribution in [2.24, 2.45) is 0 Å². The maximum absolute atomic E-state index is 12.0. The molecule has 1 heterocycles. The van der Waals surface area contributed by atoms with E-state index in [1.165, 1.54) is 10.6 Å². The number of carbonyl (C=O) groups excluding carboxylic acids is 1. The Morgan fingerprint density at radius 1 is 1.50 bits per heavy atom. The largest absolute Gasteiger partial charge is 0.383 e. The van der Waals surface area contributed by atoms with Gasteiger partial charge >= 0.3 is 0 Å². The minimum Gasteiger partial charge on any atom is -0.383 e. The summed E-state index contributed by atoms with van der Waals surface area (Å²) in [5.41, 5.74) is 1.17. The van der Waals surface area contributed by atoms with Gasteiger partial charge in [0, 0.05) is 30.3 Å². The number of methoxy groups -OCH3 is 1. The second-order valence-corrected chi connectivity index (χ2v) is 6.18. The maximum Gasteiger partial charge on any atom is 0.239 e. The SMILES string of the molecule is CC[C@@H]1CN(CC(=O)NCCOC)c2ccccc2S1. The molecule has 0 saturated heterocycles. The Morgan fingerprint density at radius 2 is 2.30 bits per heavy atom. The number of thioether (sulfide) groups is 1. The number of anilines is 1. The molecule has 1 aliphatic rings. The van der Waals surface area contributed by atoms with E-state index in [9.17, 15) is 4.79 Å². The van der Waals surface area contributed by atoms with Crippen molar-refractivity contribution in [1.29, 1.82) is 0 Å². The van der Waals surface area contributed by atoms with Gasteiger partial charge in [-0.2, -0.15) is 0 Å². The number of ether oxygens (including phenoxy) is 1. The lowest BCUT2D eigenvalue weighted by Gasteiger charge is -2.34. The highest BCUT2D eigenvalue weighted by molar-refractivity contribution is 8.00. The third-order valence-corrected chi connectivity index (χ3v) is 4.76. The van der Waals surface area contributed by atoms with E-state index >= 15 is 0 Å². The summed E-state index contributed by atoms with van der Waals surface area (Å²) in [7, 11) is 1.64. The lowest BCUT2D eigenvalue weighted by atomic mass is 10.2. The van der Waals surface area contributed by atoms with Gasteiger partial charge in [0.25, 0.3) is 0 Å². The molecule has 1 N–H and O–H groups in total. The molecular formula is C15H22N2O2S. The number of fused-ring (bicyclic) bond motifs is 1. The second-order valence-electron chi connectivity index (χ2n) is 4.84. The van der Waals surface area contributed by atoms with E-state index in [1.54, 1.807) is 7.11 Å². The molecule has 0 spiro atoms.